The molecule has 0 bridgehead atoms. The lowest BCUT2D eigenvalue weighted by Gasteiger charge is -2.36. The van der Waals surface area contributed by atoms with Gasteiger partial charge >= 0.3 is 0 Å². The summed E-state index contributed by atoms with van der Waals surface area (Å²) in [5, 5.41) is 2.89. The number of aromatic nitrogens is 1. The monoisotopic (exact) mass is 248 g/mol. The molecular weight excluding hydrogens is 228 g/mol. The highest BCUT2D eigenvalue weighted by Crippen LogP contribution is 2.20. The van der Waals surface area contributed by atoms with Gasteiger partial charge in [0.25, 0.3) is 0 Å². The Labute approximate surface area is 107 Å². The number of anilines is 1. The second-order valence-corrected chi connectivity index (χ2v) is 4.64. The van der Waals surface area contributed by atoms with Gasteiger partial charge in [0, 0.05) is 19.1 Å². The maximum absolute atomic E-state index is 11.8. The van der Waals surface area contributed by atoms with Crippen LogP contribution in [0.3, 0.4) is 0 Å². The van der Waals surface area contributed by atoms with E-state index in [1.165, 1.54) is 0 Å². The molecule has 18 heavy (non-hydrogen) atoms. The quantitative estimate of drug-likeness (QED) is 0.830. The second-order valence-electron chi connectivity index (χ2n) is 4.64. The number of hydrogen-bond donors (Lipinski definition) is 2. The minimum absolute atomic E-state index is 0.0642. The van der Waals surface area contributed by atoms with Gasteiger partial charge in [0.2, 0.25) is 5.91 Å². The minimum Gasteiger partial charge on any atom is -0.357 e. The summed E-state index contributed by atoms with van der Waals surface area (Å²) in [6.45, 7) is 5.44. The van der Waals surface area contributed by atoms with E-state index in [0.29, 0.717) is 6.54 Å². The Bertz CT molecular complexity index is 416. The van der Waals surface area contributed by atoms with E-state index in [2.05, 4.69) is 15.2 Å². The summed E-state index contributed by atoms with van der Waals surface area (Å²) in [7, 11) is 0. The van der Waals surface area contributed by atoms with Crippen LogP contribution in [-0.4, -0.2) is 30.0 Å². The van der Waals surface area contributed by atoms with Crippen LogP contribution in [0, 0.1) is 0 Å². The lowest BCUT2D eigenvalue weighted by Crippen LogP contribution is -2.55. The third-order valence-corrected chi connectivity index (χ3v) is 3.29. The third-order valence-electron chi connectivity index (χ3n) is 3.29. The molecule has 1 aliphatic rings. The van der Waals surface area contributed by atoms with Crippen LogP contribution in [0.25, 0.3) is 0 Å². The van der Waals surface area contributed by atoms with Crippen molar-refractivity contribution in [2.75, 3.05) is 18.0 Å². The van der Waals surface area contributed by atoms with Crippen molar-refractivity contribution >= 4 is 11.6 Å². The first-order valence-electron chi connectivity index (χ1n) is 6.39. The van der Waals surface area contributed by atoms with Crippen molar-refractivity contribution in [3.05, 3.63) is 24.0 Å². The SMILES string of the molecule is CCC1C(=O)NCCN1c1ccc(C(C)N)nc1. The molecule has 1 saturated heterocycles. The zero-order valence-corrected chi connectivity index (χ0v) is 10.9. The van der Waals surface area contributed by atoms with E-state index in [-0.39, 0.29) is 18.0 Å². The molecule has 0 spiro atoms. The van der Waals surface area contributed by atoms with Crippen molar-refractivity contribution in [1.29, 1.82) is 0 Å². The summed E-state index contributed by atoms with van der Waals surface area (Å²) in [6, 6.07) is 3.76. The minimum atomic E-state index is -0.0956. The summed E-state index contributed by atoms with van der Waals surface area (Å²) < 4.78 is 0. The number of rotatable bonds is 3. The number of hydrogen-bond acceptors (Lipinski definition) is 4. The normalized spacial score (nSPS) is 21.6. The number of pyridine rings is 1. The third kappa shape index (κ3) is 2.46. The van der Waals surface area contributed by atoms with E-state index in [9.17, 15) is 4.79 Å². The molecule has 2 rings (SSSR count). The average Bonchev–Trinajstić information content (AvgIpc) is 2.38. The maximum atomic E-state index is 11.8. The summed E-state index contributed by atoms with van der Waals surface area (Å²) in [4.78, 5) is 18.2. The van der Waals surface area contributed by atoms with Gasteiger partial charge in [0.15, 0.2) is 0 Å². The molecule has 1 aromatic rings. The van der Waals surface area contributed by atoms with E-state index in [4.69, 9.17) is 5.73 Å². The number of carbonyl (C=O) groups excluding carboxylic acids is 1. The maximum Gasteiger partial charge on any atom is 0.242 e. The van der Waals surface area contributed by atoms with Crippen LogP contribution in [-0.2, 0) is 4.79 Å². The van der Waals surface area contributed by atoms with Gasteiger partial charge in [-0.1, -0.05) is 6.92 Å². The van der Waals surface area contributed by atoms with Crippen LogP contribution in [0.5, 0.6) is 0 Å². The Morgan fingerprint density at radius 1 is 1.61 bits per heavy atom. The lowest BCUT2D eigenvalue weighted by atomic mass is 10.1. The predicted octanol–water partition coefficient (Wildman–Crippen LogP) is 0.816. The van der Waals surface area contributed by atoms with Crippen molar-refractivity contribution in [1.82, 2.24) is 10.3 Å². The van der Waals surface area contributed by atoms with E-state index >= 15 is 0 Å². The van der Waals surface area contributed by atoms with Crippen LogP contribution >= 0.6 is 0 Å². The molecule has 2 heterocycles. The number of nitrogens with two attached hydrogens (primary N) is 1. The molecule has 5 heteroatoms. The summed E-state index contributed by atoms with van der Waals surface area (Å²) >= 11 is 0. The highest BCUT2D eigenvalue weighted by Gasteiger charge is 2.28. The Kier molecular flexibility index (Phi) is 3.81. The fourth-order valence-corrected chi connectivity index (χ4v) is 2.27. The first-order chi connectivity index (χ1) is 8.63. The van der Waals surface area contributed by atoms with Gasteiger partial charge < -0.3 is 16.0 Å². The van der Waals surface area contributed by atoms with Crippen LogP contribution in [0.2, 0.25) is 0 Å². The van der Waals surface area contributed by atoms with Gasteiger partial charge in [0.05, 0.1) is 17.6 Å². The molecule has 5 nitrogen and oxygen atoms in total. The van der Waals surface area contributed by atoms with Crippen molar-refractivity contribution in [3.63, 3.8) is 0 Å². The number of amides is 1. The van der Waals surface area contributed by atoms with Crippen molar-refractivity contribution in [3.8, 4) is 0 Å². The Morgan fingerprint density at radius 2 is 2.39 bits per heavy atom. The Balaban J connectivity index is 2.21. The van der Waals surface area contributed by atoms with Crippen LogP contribution in [0.1, 0.15) is 32.0 Å². The fraction of sp³-hybridized carbons (Fsp3) is 0.538. The van der Waals surface area contributed by atoms with Gasteiger partial charge in [0.1, 0.15) is 6.04 Å². The number of carbonyl (C=O) groups is 1. The van der Waals surface area contributed by atoms with Gasteiger partial charge in [-0.3, -0.25) is 9.78 Å². The van der Waals surface area contributed by atoms with Crippen LogP contribution in [0.15, 0.2) is 18.3 Å². The Morgan fingerprint density at radius 3 is 2.94 bits per heavy atom. The molecule has 0 aliphatic carbocycles. The molecule has 3 N–H and O–H groups in total. The molecule has 1 fully saturated rings. The first kappa shape index (κ1) is 12.8. The van der Waals surface area contributed by atoms with Crippen molar-refractivity contribution < 1.29 is 4.79 Å². The van der Waals surface area contributed by atoms with Gasteiger partial charge in [-0.15, -0.1) is 0 Å². The summed E-state index contributed by atoms with van der Waals surface area (Å²) in [5.74, 6) is 0.0972. The van der Waals surface area contributed by atoms with E-state index in [1.54, 1.807) is 6.20 Å². The fourth-order valence-electron chi connectivity index (χ4n) is 2.27. The highest BCUT2D eigenvalue weighted by atomic mass is 16.2. The van der Waals surface area contributed by atoms with Gasteiger partial charge in [-0.05, 0) is 25.5 Å². The molecule has 1 amide bonds. The molecule has 1 aromatic heterocycles. The zero-order chi connectivity index (χ0) is 13.1. The van der Waals surface area contributed by atoms with E-state index < -0.39 is 0 Å². The standard InChI is InChI=1S/C13H20N4O/c1-3-12-13(18)15-6-7-17(12)10-4-5-11(9(2)14)16-8-10/h4-5,8-9,12H,3,6-7,14H2,1-2H3,(H,15,18). The van der Waals surface area contributed by atoms with Crippen molar-refractivity contribution in [2.24, 2.45) is 5.73 Å². The van der Waals surface area contributed by atoms with Gasteiger partial charge in [-0.2, -0.15) is 0 Å². The van der Waals surface area contributed by atoms with Crippen LogP contribution < -0.4 is 16.0 Å². The first-order valence-corrected chi connectivity index (χ1v) is 6.39. The van der Waals surface area contributed by atoms with Crippen LogP contribution in [0.4, 0.5) is 5.69 Å². The smallest absolute Gasteiger partial charge is 0.242 e. The second kappa shape index (κ2) is 5.35. The summed E-state index contributed by atoms with van der Waals surface area (Å²) in [5.41, 5.74) is 7.63. The van der Waals surface area contributed by atoms with Gasteiger partial charge in [-0.25, -0.2) is 0 Å². The van der Waals surface area contributed by atoms with Crippen molar-refractivity contribution in [2.45, 2.75) is 32.4 Å². The molecule has 0 aromatic carbocycles. The highest BCUT2D eigenvalue weighted by molar-refractivity contribution is 5.86. The van der Waals surface area contributed by atoms with E-state index in [0.717, 1.165) is 24.3 Å². The molecule has 0 radical (unpaired) electrons. The largest absolute Gasteiger partial charge is 0.357 e. The molecule has 1 aliphatic heterocycles. The zero-order valence-electron chi connectivity index (χ0n) is 10.9. The number of nitrogens with one attached hydrogen (secondary N) is 1. The average molecular weight is 248 g/mol. The molecular formula is C13H20N4O. The number of piperazine rings is 1. The lowest BCUT2D eigenvalue weighted by molar-refractivity contribution is -0.123. The molecule has 98 valence electrons. The summed E-state index contributed by atoms with van der Waals surface area (Å²) in [6.07, 6.45) is 2.60. The topological polar surface area (TPSA) is 71.2 Å². The van der Waals surface area contributed by atoms with E-state index in [1.807, 2.05) is 26.0 Å². The predicted molar refractivity (Wildman–Crippen MR) is 71.3 cm³/mol. The molecule has 0 saturated carbocycles. The number of nitrogens with zero attached hydrogens (tertiary/aromatic N) is 2. The molecule has 2 unspecified atom stereocenters. The Hall–Kier alpha value is -1.62. The molecule has 2 atom stereocenters.